The first-order valence-electron chi connectivity index (χ1n) is 21.1. The minimum atomic E-state index is -0.653. The molecule has 0 saturated heterocycles. The summed E-state index contributed by atoms with van der Waals surface area (Å²) in [7, 11) is 0. The molecule has 0 saturated carbocycles. The molecule has 0 atom stereocenters. The number of carbonyl (C=O) groups is 1. The van der Waals surface area contributed by atoms with Crippen LogP contribution in [0.1, 0.15) is 229 Å². The van der Waals surface area contributed by atoms with Crippen LogP contribution in [0, 0.1) is 0 Å². The predicted octanol–water partition coefficient (Wildman–Crippen LogP) is 16.9. The first kappa shape index (κ1) is 50.0. The lowest BCUT2D eigenvalue weighted by molar-refractivity contribution is -0.137. The molecule has 0 amide bonds. The summed E-state index contributed by atoms with van der Waals surface area (Å²) in [4.78, 5) is 10.3. The van der Waals surface area contributed by atoms with Crippen molar-refractivity contribution >= 4 is 5.97 Å². The van der Waals surface area contributed by atoms with Crippen LogP contribution in [-0.2, 0) is 4.79 Å². The maximum atomic E-state index is 10.3. The van der Waals surface area contributed by atoms with Gasteiger partial charge in [-0.15, -0.1) is 0 Å². The Bertz CT molecular complexity index is 918. The van der Waals surface area contributed by atoms with Crippen molar-refractivity contribution in [2.24, 2.45) is 0 Å². The summed E-state index contributed by atoms with van der Waals surface area (Å²) < 4.78 is 0. The maximum Gasteiger partial charge on any atom is 0.303 e. The third kappa shape index (κ3) is 43.9. The molecule has 0 spiro atoms. The zero-order valence-corrected chi connectivity index (χ0v) is 35.2. The van der Waals surface area contributed by atoms with Gasteiger partial charge in [0, 0.05) is 6.42 Å². The molecule has 0 aliphatic rings. The van der Waals surface area contributed by atoms with E-state index < -0.39 is 5.97 Å². The first-order chi connectivity index (χ1) is 24.0. The van der Waals surface area contributed by atoms with E-state index in [1.807, 2.05) is 0 Å². The zero-order valence-electron chi connectivity index (χ0n) is 35.2. The molecule has 0 bridgehead atoms. The maximum absolute atomic E-state index is 10.3. The van der Waals surface area contributed by atoms with E-state index in [2.05, 4.69) is 98.8 Å². The molecule has 0 unspecified atom stereocenters. The van der Waals surface area contributed by atoms with Gasteiger partial charge in [0.2, 0.25) is 0 Å². The van der Waals surface area contributed by atoms with Gasteiger partial charge in [0.1, 0.15) is 0 Å². The average molecular weight is 695 g/mol. The van der Waals surface area contributed by atoms with Crippen LogP contribution in [0.25, 0.3) is 0 Å². The normalized spacial score (nSPS) is 12.4. The van der Waals surface area contributed by atoms with Crippen molar-refractivity contribution in [3.63, 3.8) is 0 Å². The van der Waals surface area contributed by atoms with Gasteiger partial charge in [-0.25, -0.2) is 0 Å². The summed E-state index contributed by atoms with van der Waals surface area (Å²) in [5.41, 5.74) is 8.97. The summed E-state index contributed by atoms with van der Waals surface area (Å²) in [5.74, 6) is -0.653. The van der Waals surface area contributed by atoms with Crippen molar-refractivity contribution in [2.45, 2.75) is 229 Å². The Morgan fingerprint density at radius 1 is 0.360 bits per heavy atom. The molecule has 0 radical (unpaired) electrons. The molecule has 0 rings (SSSR count). The number of aliphatic carboxylic acids is 1. The Morgan fingerprint density at radius 3 is 0.900 bits per heavy atom. The molecule has 0 aromatic carbocycles. The van der Waals surface area contributed by atoms with Crippen molar-refractivity contribution < 1.29 is 9.90 Å². The second-order valence-electron chi connectivity index (χ2n) is 15.6. The van der Waals surface area contributed by atoms with Crippen LogP contribution >= 0.6 is 0 Å². The molecule has 0 aliphatic heterocycles. The molecule has 0 aromatic rings. The van der Waals surface area contributed by atoms with E-state index in [0.29, 0.717) is 6.42 Å². The van der Waals surface area contributed by atoms with Gasteiger partial charge in [-0.2, -0.15) is 0 Å². The molecular formula is C48H86O2. The third-order valence-electron chi connectivity index (χ3n) is 9.39. The summed E-state index contributed by atoms with van der Waals surface area (Å²) in [6.07, 6.45) is 46.4. The van der Waals surface area contributed by atoms with Crippen LogP contribution < -0.4 is 0 Å². The molecule has 290 valence electrons. The number of carboxylic acid groups (broad SMARTS) is 1. The molecule has 50 heavy (non-hydrogen) atoms. The first-order valence-corrected chi connectivity index (χ1v) is 21.1. The van der Waals surface area contributed by atoms with Crippen LogP contribution in [0.4, 0.5) is 0 Å². The minimum absolute atomic E-state index is 0.345. The van der Waals surface area contributed by atoms with E-state index in [0.717, 1.165) is 12.8 Å². The Balaban J connectivity index is 0. The molecular weight excluding hydrogens is 609 g/mol. The van der Waals surface area contributed by atoms with Gasteiger partial charge in [-0.05, 0) is 126 Å². The largest absolute Gasteiger partial charge is 0.481 e. The Kier molecular flexibility index (Phi) is 38.2. The highest BCUT2D eigenvalue weighted by Gasteiger charge is 1.98. The summed E-state index contributed by atoms with van der Waals surface area (Å²) >= 11 is 0. The zero-order chi connectivity index (χ0) is 37.7. The number of unbranched alkanes of at least 4 members (excludes halogenated alkanes) is 15. The summed E-state index contributed by atoms with van der Waals surface area (Å²) in [5, 5.41) is 8.52. The molecule has 0 aliphatic carbocycles. The quantitative estimate of drug-likeness (QED) is 0.0579. The fourth-order valence-corrected chi connectivity index (χ4v) is 5.98. The van der Waals surface area contributed by atoms with Gasteiger partial charge >= 0.3 is 5.97 Å². The highest BCUT2D eigenvalue weighted by Crippen LogP contribution is 2.16. The van der Waals surface area contributed by atoms with Crippen LogP contribution in [0.3, 0.4) is 0 Å². The fraction of sp³-hybridized carbons (Fsp3) is 0.729. The molecule has 2 nitrogen and oxygen atoms in total. The predicted molar refractivity (Wildman–Crippen MR) is 227 cm³/mol. The number of allylic oxidation sites excluding steroid dienone is 12. The molecule has 0 aromatic heterocycles. The van der Waals surface area contributed by atoms with Gasteiger partial charge in [-0.3, -0.25) is 4.79 Å². The van der Waals surface area contributed by atoms with Crippen LogP contribution in [-0.4, -0.2) is 11.1 Å². The SMILES string of the molecule is CC(C)=CCCC(C)=CCCC(C)=CCCC=C(C)CCC=C(C)CCC=C(C)C.CCCCCCCCCCCCCCCCCC(=O)O. The molecule has 1 N–H and O–H groups in total. The Labute approximate surface area is 314 Å². The Morgan fingerprint density at radius 2 is 0.620 bits per heavy atom. The lowest BCUT2D eigenvalue weighted by Crippen LogP contribution is -1.93. The van der Waals surface area contributed by atoms with Crippen molar-refractivity contribution in [3.05, 3.63) is 69.9 Å². The fourth-order valence-electron chi connectivity index (χ4n) is 5.98. The van der Waals surface area contributed by atoms with E-state index in [4.69, 9.17) is 5.11 Å². The van der Waals surface area contributed by atoms with Crippen molar-refractivity contribution in [2.75, 3.05) is 0 Å². The highest BCUT2D eigenvalue weighted by molar-refractivity contribution is 5.66. The van der Waals surface area contributed by atoms with E-state index in [9.17, 15) is 4.79 Å². The van der Waals surface area contributed by atoms with E-state index in [-0.39, 0.29) is 0 Å². The van der Waals surface area contributed by atoms with E-state index >= 15 is 0 Å². The third-order valence-corrected chi connectivity index (χ3v) is 9.39. The number of hydrogen-bond acceptors (Lipinski definition) is 1. The van der Waals surface area contributed by atoms with E-state index in [1.54, 1.807) is 0 Å². The summed E-state index contributed by atoms with van der Waals surface area (Å²) in [6.45, 7) is 20.1. The van der Waals surface area contributed by atoms with Gasteiger partial charge in [-0.1, -0.05) is 167 Å². The van der Waals surface area contributed by atoms with Gasteiger partial charge in [0.05, 0.1) is 0 Å². The average Bonchev–Trinajstić information content (AvgIpc) is 3.04. The second-order valence-corrected chi connectivity index (χ2v) is 15.6. The lowest BCUT2D eigenvalue weighted by Gasteiger charge is -2.03. The molecule has 2 heteroatoms. The number of rotatable bonds is 31. The van der Waals surface area contributed by atoms with Gasteiger partial charge < -0.3 is 5.11 Å². The number of carboxylic acids is 1. The molecule has 0 heterocycles. The highest BCUT2D eigenvalue weighted by atomic mass is 16.4. The van der Waals surface area contributed by atoms with Gasteiger partial charge in [0.15, 0.2) is 0 Å². The van der Waals surface area contributed by atoms with E-state index in [1.165, 1.54) is 181 Å². The van der Waals surface area contributed by atoms with Gasteiger partial charge in [0.25, 0.3) is 0 Å². The second kappa shape index (κ2) is 38.1. The molecule has 0 fully saturated rings. The van der Waals surface area contributed by atoms with Crippen molar-refractivity contribution in [1.29, 1.82) is 0 Å². The van der Waals surface area contributed by atoms with Crippen LogP contribution in [0.15, 0.2) is 69.9 Å². The van der Waals surface area contributed by atoms with Crippen molar-refractivity contribution in [3.8, 4) is 0 Å². The number of hydrogen-bond donors (Lipinski definition) is 1. The smallest absolute Gasteiger partial charge is 0.303 e. The van der Waals surface area contributed by atoms with Crippen molar-refractivity contribution in [1.82, 2.24) is 0 Å². The van der Waals surface area contributed by atoms with Crippen LogP contribution in [0.2, 0.25) is 0 Å². The monoisotopic (exact) mass is 695 g/mol. The summed E-state index contributed by atoms with van der Waals surface area (Å²) in [6, 6.07) is 0. The standard InChI is InChI=1S/C30H50.C18H36O2/c1-25(2)15-11-19-29(7)23-13-21-27(5)17-9-10-18-28(6)22-14-24-30(8)20-12-16-26(3)4;1-2-3-4-5-6-7-8-9-10-11-12-13-14-15-16-17-18(19)20/h15-18,23-24H,9-14,19-22H2,1-8H3;2-17H2,1H3,(H,19,20). The Hall–Kier alpha value is -2.09. The topological polar surface area (TPSA) is 37.3 Å². The van der Waals surface area contributed by atoms with Crippen LogP contribution in [0.5, 0.6) is 0 Å². The lowest BCUT2D eigenvalue weighted by atomic mass is 10.0. The minimum Gasteiger partial charge on any atom is -0.481 e.